The lowest BCUT2D eigenvalue weighted by Crippen LogP contribution is -2.42. The fraction of sp³-hybridized carbons (Fsp3) is 0.571. The van der Waals surface area contributed by atoms with Crippen molar-refractivity contribution in [2.45, 2.75) is 38.8 Å². The number of fused-ring (bicyclic) bond motifs is 1. The predicted molar refractivity (Wildman–Crippen MR) is 84.2 cm³/mol. The molecule has 108 valence electrons. The van der Waals surface area contributed by atoms with Crippen LogP contribution in [0.4, 0.5) is 5.95 Å². The lowest BCUT2D eigenvalue weighted by atomic mass is 10.2. The Kier molecular flexibility index (Phi) is 3.94. The molecule has 0 amide bonds. The van der Waals surface area contributed by atoms with Crippen LogP contribution in [0, 0.1) is 0 Å². The zero-order valence-electron chi connectivity index (χ0n) is 11.9. The second kappa shape index (κ2) is 5.69. The highest BCUT2D eigenvalue weighted by Crippen LogP contribution is 2.21. The maximum Gasteiger partial charge on any atom is 0.246 e. The number of pyridine rings is 1. The highest BCUT2D eigenvalue weighted by Gasteiger charge is 2.23. The van der Waals surface area contributed by atoms with Gasteiger partial charge in [-0.05, 0) is 61.3 Å². The first-order valence-electron chi connectivity index (χ1n) is 7.16. The van der Waals surface area contributed by atoms with E-state index in [4.69, 9.17) is 0 Å². The Morgan fingerprint density at radius 1 is 1.55 bits per heavy atom. The van der Waals surface area contributed by atoms with Gasteiger partial charge in [-0.2, -0.15) is 4.98 Å². The molecule has 5 nitrogen and oxygen atoms in total. The van der Waals surface area contributed by atoms with Crippen LogP contribution in [0.2, 0.25) is 0 Å². The van der Waals surface area contributed by atoms with E-state index in [1.165, 1.54) is 12.8 Å². The van der Waals surface area contributed by atoms with Gasteiger partial charge in [-0.15, -0.1) is 5.10 Å². The first-order chi connectivity index (χ1) is 9.65. The molecule has 1 saturated heterocycles. The Labute approximate surface area is 127 Å². The van der Waals surface area contributed by atoms with Crippen LogP contribution in [-0.2, 0) is 0 Å². The van der Waals surface area contributed by atoms with Gasteiger partial charge in [0.25, 0.3) is 0 Å². The molecule has 0 radical (unpaired) electrons. The molecule has 6 heteroatoms. The zero-order chi connectivity index (χ0) is 14.1. The molecule has 1 atom stereocenters. The number of anilines is 1. The van der Waals surface area contributed by atoms with Crippen molar-refractivity contribution in [3.05, 3.63) is 22.8 Å². The van der Waals surface area contributed by atoms with Gasteiger partial charge in [-0.1, -0.05) is 0 Å². The summed E-state index contributed by atoms with van der Waals surface area (Å²) in [4.78, 5) is 6.96. The molecule has 0 saturated carbocycles. The van der Waals surface area contributed by atoms with Crippen LogP contribution in [0.3, 0.4) is 0 Å². The van der Waals surface area contributed by atoms with Gasteiger partial charge in [0.05, 0.1) is 4.47 Å². The summed E-state index contributed by atoms with van der Waals surface area (Å²) in [6, 6.07) is 4.89. The van der Waals surface area contributed by atoms with Crippen molar-refractivity contribution in [3.8, 4) is 0 Å². The first kappa shape index (κ1) is 13.8. The van der Waals surface area contributed by atoms with Gasteiger partial charge in [-0.25, -0.2) is 4.52 Å². The quantitative estimate of drug-likeness (QED) is 0.930. The topological polar surface area (TPSA) is 45.5 Å². The SMILES string of the molecule is CC(C)N(CC1CCCN1)c1nc2c(Br)cccn2n1. The number of hydrogen-bond acceptors (Lipinski definition) is 4. The summed E-state index contributed by atoms with van der Waals surface area (Å²) in [5.41, 5.74) is 0.868. The molecule has 0 bridgehead atoms. The maximum atomic E-state index is 4.68. The van der Waals surface area contributed by atoms with Crippen molar-refractivity contribution in [2.75, 3.05) is 18.0 Å². The number of nitrogens with zero attached hydrogens (tertiary/aromatic N) is 4. The summed E-state index contributed by atoms with van der Waals surface area (Å²) in [6.07, 6.45) is 4.43. The van der Waals surface area contributed by atoms with Gasteiger partial charge in [0.1, 0.15) is 0 Å². The fourth-order valence-electron chi connectivity index (χ4n) is 2.66. The maximum absolute atomic E-state index is 4.68. The lowest BCUT2D eigenvalue weighted by molar-refractivity contribution is 0.544. The van der Waals surface area contributed by atoms with Crippen LogP contribution in [-0.4, -0.2) is 39.8 Å². The summed E-state index contributed by atoms with van der Waals surface area (Å²) >= 11 is 3.53. The number of hydrogen-bond donors (Lipinski definition) is 1. The van der Waals surface area contributed by atoms with Gasteiger partial charge in [0, 0.05) is 24.8 Å². The zero-order valence-corrected chi connectivity index (χ0v) is 13.5. The van der Waals surface area contributed by atoms with Gasteiger partial charge in [0.2, 0.25) is 5.95 Å². The summed E-state index contributed by atoms with van der Waals surface area (Å²) in [5, 5.41) is 8.15. The standard InChI is InChI=1S/C14H20BrN5/c1-10(2)19(9-11-5-3-7-16-11)14-17-13-12(15)6-4-8-20(13)18-14/h4,6,8,10-11,16H,3,5,7,9H2,1-2H3. The summed E-state index contributed by atoms with van der Waals surface area (Å²) < 4.78 is 2.80. The monoisotopic (exact) mass is 337 g/mol. The number of rotatable bonds is 4. The fourth-order valence-corrected chi connectivity index (χ4v) is 3.08. The summed E-state index contributed by atoms with van der Waals surface area (Å²) in [7, 11) is 0. The van der Waals surface area contributed by atoms with E-state index in [-0.39, 0.29) is 0 Å². The van der Waals surface area contributed by atoms with Gasteiger partial charge in [0.15, 0.2) is 5.65 Å². The normalized spacial score (nSPS) is 19.1. The van der Waals surface area contributed by atoms with Crippen molar-refractivity contribution in [1.82, 2.24) is 19.9 Å². The largest absolute Gasteiger partial charge is 0.336 e. The minimum Gasteiger partial charge on any atom is -0.336 e. The molecule has 2 aromatic heterocycles. The Balaban J connectivity index is 1.90. The van der Waals surface area contributed by atoms with Crippen LogP contribution in [0.25, 0.3) is 5.65 Å². The van der Waals surface area contributed by atoms with E-state index in [0.29, 0.717) is 12.1 Å². The van der Waals surface area contributed by atoms with Crippen molar-refractivity contribution in [3.63, 3.8) is 0 Å². The molecule has 1 aliphatic heterocycles. The average Bonchev–Trinajstić information content (AvgIpc) is 3.05. The smallest absolute Gasteiger partial charge is 0.246 e. The van der Waals surface area contributed by atoms with Gasteiger partial charge < -0.3 is 10.2 Å². The van der Waals surface area contributed by atoms with E-state index in [0.717, 1.165) is 29.2 Å². The minimum absolute atomic E-state index is 0.383. The van der Waals surface area contributed by atoms with Crippen LogP contribution in [0.5, 0.6) is 0 Å². The molecular formula is C14H20BrN5. The average molecular weight is 338 g/mol. The molecule has 0 aromatic carbocycles. The van der Waals surface area contributed by atoms with E-state index in [1.807, 2.05) is 22.8 Å². The van der Waals surface area contributed by atoms with Crippen LogP contribution < -0.4 is 10.2 Å². The van der Waals surface area contributed by atoms with Gasteiger partial charge in [-0.3, -0.25) is 0 Å². The third-order valence-corrected chi connectivity index (χ3v) is 4.38. The van der Waals surface area contributed by atoms with Crippen molar-refractivity contribution >= 4 is 27.5 Å². The number of nitrogens with one attached hydrogen (secondary N) is 1. The second-order valence-electron chi connectivity index (χ2n) is 5.58. The summed E-state index contributed by atoms with van der Waals surface area (Å²) in [5.74, 6) is 0.806. The molecule has 0 spiro atoms. The molecule has 3 heterocycles. The minimum atomic E-state index is 0.383. The van der Waals surface area contributed by atoms with Crippen LogP contribution in [0.1, 0.15) is 26.7 Å². The molecule has 1 N–H and O–H groups in total. The Bertz CT molecular complexity index is 588. The third-order valence-electron chi connectivity index (χ3n) is 3.76. The molecule has 20 heavy (non-hydrogen) atoms. The summed E-state index contributed by atoms with van der Waals surface area (Å²) in [6.45, 7) is 6.47. The van der Waals surface area contributed by atoms with Crippen molar-refractivity contribution in [1.29, 1.82) is 0 Å². The second-order valence-corrected chi connectivity index (χ2v) is 6.43. The van der Waals surface area contributed by atoms with E-state index < -0.39 is 0 Å². The Hall–Kier alpha value is -1.14. The van der Waals surface area contributed by atoms with E-state index >= 15 is 0 Å². The van der Waals surface area contributed by atoms with Crippen LogP contribution in [0.15, 0.2) is 22.8 Å². The van der Waals surface area contributed by atoms with Crippen molar-refractivity contribution < 1.29 is 0 Å². The van der Waals surface area contributed by atoms with E-state index in [1.54, 1.807) is 0 Å². The molecular weight excluding hydrogens is 318 g/mol. The first-order valence-corrected chi connectivity index (χ1v) is 7.95. The van der Waals surface area contributed by atoms with Gasteiger partial charge >= 0.3 is 0 Å². The molecule has 1 aliphatic rings. The molecule has 2 aromatic rings. The Morgan fingerprint density at radius 3 is 3.05 bits per heavy atom. The molecule has 1 fully saturated rings. The highest BCUT2D eigenvalue weighted by atomic mass is 79.9. The third kappa shape index (κ3) is 2.67. The Morgan fingerprint density at radius 2 is 2.40 bits per heavy atom. The molecule has 0 aliphatic carbocycles. The van der Waals surface area contributed by atoms with E-state index in [2.05, 4.69) is 50.1 Å². The highest BCUT2D eigenvalue weighted by molar-refractivity contribution is 9.10. The number of halogens is 1. The number of aromatic nitrogens is 3. The molecule has 3 rings (SSSR count). The molecule has 1 unspecified atom stereocenters. The predicted octanol–water partition coefficient (Wildman–Crippen LogP) is 2.46. The lowest BCUT2D eigenvalue weighted by Gasteiger charge is -2.28. The van der Waals surface area contributed by atoms with Crippen LogP contribution >= 0.6 is 15.9 Å². The van der Waals surface area contributed by atoms with E-state index in [9.17, 15) is 0 Å². The van der Waals surface area contributed by atoms with Crippen molar-refractivity contribution in [2.24, 2.45) is 0 Å².